The van der Waals surface area contributed by atoms with Crippen LogP contribution in [0.4, 0.5) is 8.78 Å². The van der Waals surface area contributed by atoms with Gasteiger partial charge in [-0.25, -0.2) is 8.78 Å². The highest BCUT2D eigenvalue weighted by atomic mass is 19.1. The zero-order valence-corrected chi connectivity index (χ0v) is 7.05. The highest BCUT2D eigenvalue weighted by Crippen LogP contribution is 2.09. The van der Waals surface area contributed by atoms with Gasteiger partial charge in [0.05, 0.1) is 5.56 Å². The minimum atomic E-state index is -1.13. The Morgan fingerprint density at radius 3 is 2.43 bits per heavy atom. The highest BCUT2D eigenvalue weighted by molar-refractivity contribution is 5.70. The molecule has 0 bridgehead atoms. The molecule has 0 aliphatic carbocycles. The SMILES string of the molecule is O=C(O)CC#Cc1c(F)cccc1F. The normalized spacial score (nSPS) is 9.00. The summed E-state index contributed by atoms with van der Waals surface area (Å²) in [6.07, 6.45) is -0.437. The van der Waals surface area contributed by atoms with E-state index in [0.29, 0.717) is 0 Å². The van der Waals surface area contributed by atoms with Crippen molar-refractivity contribution in [2.24, 2.45) is 0 Å². The standard InChI is InChI=1S/C10H6F2O2/c11-8-4-2-5-9(12)7(8)3-1-6-10(13)14/h2,4-5H,6H2,(H,13,14). The molecule has 0 spiro atoms. The second kappa shape index (κ2) is 4.38. The predicted molar refractivity (Wildman–Crippen MR) is 45.5 cm³/mol. The summed E-state index contributed by atoms with van der Waals surface area (Å²) < 4.78 is 25.8. The van der Waals surface area contributed by atoms with Crippen molar-refractivity contribution in [3.63, 3.8) is 0 Å². The molecule has 2 nitrogen and oxygen atoms in total. The highest BCUT2D eigenvalue weighted by Gasteiger charge is 2.04. The molecule has 0 saturated carbocycles. The van der Waals surface area contributed by atoms with Crippen LogP contribution in [0.1, 0.15) is 12.0 Å². The van der Waals surface area contributed by atoms with E-state index in [1.807, 2.05) is 0 Å². The summed E-state index contributed by atoms with van der Waals surface area (Å²) in [6.45, 7) is 0. The van der Waals surface area contributed by atoms with Gasteiger partial charge in [-0.3, -0.25) is 4.79 Å². The zero-order chi connectivity index (χ0) is 10.6. The van der Waals surface area contributed by atoms with Crippen LogP contribution in [-0.4, -0.2) is 11.1 Å². The van der Waals surface area contributed by atoms with Gasteiger partial charge in [-0.15, -0.1) is 0 Å². The monoisotopic (exact) mass is 196 g/mol. The van der Waals surface area contributed by atoms with E-state index in [4.69, 9.17) is 5.11 Å². The maximum absolute atomic E-state index is 12.9. The van der Waals surface area contributed by atoms with E-state index in [0.717, 1.165) is 12.1 Å². The first-order chi connectivity index (χ1) is 6.61. The second-order valence-electron chi connectivity index (χ2n) is 2.47. The Kier molecular flexibility index (Phi) is 3.19. The van der Waals surface area contributed by atoms with Crippen molar-refractivity contribution in [2.45, 2.75) is 6.42 Å². The van der Waals surface area contributed by atoms with E-state index in [1.54, 1.807) is 0 Å². The fourth-order valence-corrected chi connectivity index (χ4v) is 0.825. The molecule has 1 aromatic rings. The van der Waals surface area contributed by atoms with Crippen molar-refractivity contribution in [2.75, 3.05) is 0 Å². The Hall–Kier alpha value is -1.89. The predicted octanol–water partition coefficient (Wildman–Crippen LogP) is 1.79. The Morgan fingerprint density at radius 2 is 1.93 bits per heavy atom. The first kappa shape index (κ1) is 10.2. The summed E-state index contributed by atoms with van der Waals surface area (Å²) in [6, 6.07) is 3.34. The van der Waals surface area contributed by atoms with E-state index < -0.39 is 29.6 Å². The molecule has 0 unspecified atom stereocenters. The topological polar surface area (TPSA) is 37.3 Å². The lowest BCUT2D eigenvalue weighted by molar-refractivity contribution is -0.135. The molecule has 0 atom stereocenters. The number of carboxylic acids is 1. The quantitative estimate of drug-likeness (QED) is 0.695. The third-order valence-electron chi connectivity index (χ3n) is 1.42. The summed E-state index contributed by atoms with van der Waals surface area (Å²) in [5.41, 5.74) is -0.395. The van der Waals surface area contributed by atoms with Crippen molar-refractivity contribution in [1.29, 1.82) is 0 Å². The molecule has 0 fully saturated rings. The average Bonchev–Trinajstić information content (AvgIpc) is 2.09. The number of aliphatic carboxylic acids is 1. The number of hydrogen-bond acceptors (Lipinski definition) is 1. The van der Waals surface area contributed by atoms with E-state index >= 15 is 0 Å². The minimum Gasteiger partial charge on any atom is -0.481 e. The van der Waals surface area contributed by atoms with E-state index in [1.165, 1.54) is 6.07 Å². The van der Waals surface area contributed by atoms with Crippen molar-refractivity contribution in [1.82, 2.24) is 0 Å². The Balaban J connectivity index is 2.94. The molecule has 0 aliphatic heterocycles. The van der Waals surface area contributed by atoms with Crippen LogP contribution >= 0.6 is 0 Å². The Bertz CT molecular complexity index is 396. The lowest BCUT2D eigenvalue weighted by Crippen LogP contribution is -1.92. The molecule has 0 aromatic heterocycles. The molecule has 1 rings (SSSR count). The van der Waals surface area contributed by atoms with Gasteiger partial charge in [-0.2, -0.15) is 0 Å². The second-order valence-corrected chi connectivity index (χ2v) is 2.47. The first-order valence-electron chi connectivity index (χ1n) is 3.76. The molecule has 0 aliphatic rings. The first-order valence-corrected chi connectivity index (χ1v) is 3.76. The molecule has 72 valence electrons. The summed E-state index contributed by atoms with van der Waals surface area (Å²) >= 11 is 0. The van der Waals surface area contributed by atoms with Crippen molar-refractivity contribution >= 4 is 5.97 Å². The summed E-state index contributed by atoms with van der Waals surface area (Å²) in [5, 5.41) is 8.24. The fraction of sp³-hybridized carbons (Fsp3) is 0.100. The lowest BCUT2D eigenvalue weighted by Gasteiger charge is -1.94. The molecule has 0 heterocycles. The van der Waals surface area contributed by atoms with Crippen molar-refractivity contribution < 1.29 is 18.7 Å². The third-order valence-corrected chi connectivity index (χ3v) is 1.42. The van der Waals surface area contributed by atoms with Gasteiger partial charge in [-0.1, -0.05) is 17.9 Å². The lowest BCUT2D eigenvalue weighted by atomic mass is 10.2. The van der Waals surface area contributed by atoms with Gasteiger partial charge in [0, 0.05) is 0 Å². The molecule has 0 amide bonds. The average molecular weight is 196 g/mol. The van der Waals surface area contributed by atoms with E-state index in [9.17, 15) is 13.6 Å². The minimum absolute atomic E-state index is 0.395. The summed E-state index contributed by atoms with van der Waals surface area (Å²) in [7, 11) is 0. The van der Waals surface area contributed by atoms with Gasteiger partial charge < -0.3 is 5.11 Å². The molecular formula is C10H6F2O2. The van der Waals surface area contributed by atoms with Crippen LogP contribution in [0.3, 0.4) is 0 Å². The summed E-state index contributed by atoms with van der Waals surface area (Å²) in [5.74, 6) is 1.58. The number of carbonyl (C=O) groups is 1. The van der Waals surface area contributed by atoms with Gasteiger partial charge in [0.25, 0.3) is 0 Å². The van der Waals surface area contributed by atoms with Crippen LogP contribution < -0.4 is 0 Å². The Morgan fingerprint density at radius 1 is 1.36 bits per heavy atom. The molecule has 0 radical (unpaired) electrons. The fourth-order valence-electron chi connectivity index (χ4n) is 0.825. The van der Waals surface area contributed by atoms with Crippen molar-refractivity contribution in [3.05, 3.63) is 35.4 Å². The number of carboxylic acid groups (broad SMARTS) is 1. The van der Waals surface area contributed by atoms with Crippen LogP contribution in [0.25, 0.3) is 0 Å². The molecule has 4 heteroatoms. The number of hydrogen-bond donors (Lipinski definition) is 1. The summed E-state index contributed by atoms with van der Waals surface area (Å²) in [4.78, 5) is 10.1. The van der Waals surface area contributed by atoms with Crippen LogP contribution in [0.2, 0.25) is 0 Å². The van der Waals surface area contributed by atoms with Gasteiger partial charge in [0.2, 0.25) is 0 Å². The van der Waals surface area contributed by atoms with Crippen LogP contribution in [0.5, 0.6) is 0 Å². The molecule has 14 heavy (non-hydrogen) atoms. The zero-order valence-electron chi connectivity index (χ0n) is 7.05. The molecular weight excluding hydrogens is 190 g/mol. The van der Waals surface area contributed by atoms with E-state index in [-0.39, 0.29) is 0 Å². The van der Waals surface area contributed by atoms with Crippen LogP contribution in [-0.2, 0) is 4.79 Å². The maximum atomic E-state index is 12.9. The number of rotatable bonds is 1. The number of halogens is 2. The van der Waals surface area contributed by atoms with Gasteiger partial charge in [0.1, 0.15) is 18.1 Å². The van der Waals surface area contributed by atoms with Crippen LogP contribution in [0.15, 0.2) is 18.2 Å². The number of benzene rings is 1. The van der Waals surface area contributed by atoms with Crippen molar-refractivity contribution in [3.8, 4) is 11.8 Å². The van der Waals surface area contributed by atoms with E-state index in [2.05, 4.69) is 11.8 Å². The van der Waals surface area contributed by atoms with Crippen LogP contribution in [0, 0.1) is 23.5 Å². The molecule has 1 aromatic carbocycles. The Labute approximate surface area is 79.2 Å². The maximum Gasteiger partial charge on any atom is 0.315 e. The molecule has 0 saturated heterocycles. The third kappa shape index (κ3) is 2.56. The van der Waals surface area contributed by atoms with Gasteiger partial charge >= 0.3 is 5.97 Å². The largest absolute Gasteiger partial charge is 0.481 e. The van der Waals surface area contributed by atoms with Gasteiger partial charge in [-0.05, 0) is 12.1 Å². The molecule has 1 N–H and O–H groups in total. The van der Waals surface area contributed by atoms with Gasteiger partial charge in [0.15, 0.2) is 0 Å². The smallest absolute Gasteiger partial charge is 0.315 e.